The second kappa shape index (κ2) is 4.58. The van der Waals surface area contributed by atoms with Crippen LogP contribution in [0, 0.1) is 6.92 Å². The lowest BCUT2D eigenvalue weighted by Gasteiger charge is -2.01. The minimum Gasteiger partial charge on any atom is -0.475 e. The molecule has 2 aromatic heterocycles. The van der Waals surface area contributed by atoms with Gasteiger partial charge >= 0.3 is 12.0 Å². The van der Waals surface area contributed by atoms with Crippen LogP contribution < -0.4 is 4.72 Å². The largest absolute Gasteiger partial charge is 0.475 e. The van der Waals surface area contributed by atoms with E-state index in [1.165, 1.54) is 6.92 Å². The Morgan fingerprint density at radius 3 is 2.67 bits per heavy atom. The first-order chi connectivity index (χ1) is 9.87. The van der Waals surface area contributed by atoms with Gasteiger partial charge in [0, 0.05) is 12.0 Å². The van der Waals surface area contributed by atoms with Gasteiger partial charge in [-0.15, -0.1) is 5.10 Å². The van der Waals surface area contributed by atoms with Crippen LogP contribution in [0.5, 0.6) is 0 Å². The van der Waals surface area contributed by atoms with E-state index < -0.39 is 21.8 Å². The third kappa shape index (κ3) is 2.61. The Labute approximate surface area is 119 Å². The van der Waals surface area contributed by atoms with E-state index in [1.807, 2.05) is 0 Å². The van der Waals surface area contributed by atoms with E-state index in [0.717, 1.165) is 18.9 Å². The fourth-order valence-corrected chi connectivity index (χ4v) is 2.88. The molecule has 10 heteroatoms. The number of aromatic carboxylic acids is 1. The van der Waals surface area contributed by atoms with Gasteiger partial charge in [-0.05, 0) is 19.8 Å². The zero-order valence-electron chi connectivity index (χ0n) is 10.9. The third-order valence-electron chi connectivity index (χ3n) is 2.96. The van der Waals surface area contributed by atoms with E-state index in [1.54, 1.807) is 0 Å². The maximum Gasteiger partial charge on any atom is 0.371 e. The number of nitrogens with zero attached hydrogens (tertiary/aromatic N) is 2. The van der Waals surface area contributed by atoms with Crippen LogP contribution >= 0.6 is 0 Å². The summed E-state index contributed by atoms with van der Waals surface area (Å²) < 4.78 is 36.5. The summed E-state index contributed by atoms with van der Waals surface area (Å²) in [6, 6.07) is 0.674. The molecule has 0 aliphatic heterocycles. The summed E-state index contributed by atoms with van der Waals surface area (Å²) in [4.78, 5) is 10.5. The molecule has 1 aliphatic rings. The van der Waals surface area contributed by atoms with Gasteiger partial charge in [0.2, 0.25) is 11.7 Å². The van der Waals surface area contributed by atoms with Gasteiger partial charge in [-0.25, -0.2) is 17.9 Å². The summed E-state index contributed by atoms with van der Waals surface area (Å²) in [7, 11) is -4.05. The van der Waals surface area contributed by atoms with Gasteiger partial charge in [0.1, 0.15) is 10.7 Å². The Morgan fingerprint density at radius 1 is 1.38 bits per heavy atom. The summed E-state index contributed by atoms with van der Waals surface area (Å²) in [5, 5.41) is 16.2. The van der Waals surface area contributed by atoms with E-state index >= 15 is 0 Å². The monoisotopic (exact) mass is 313 g/mol. The quantitative estimate of drug-likeness (QED) is 0.844. The number of aryl methyl sites for hydroxylation is 1. The number of carbonyl (C=O) groups is 1. The van der Waals surface area contributed by atoms with Crippen LogP contribution in [0.4, 0.5) is 6.01 Å². The highest BCUT2D eigenvalue weighted by molar-refractivity contribution is 7.92. The molecule has 1 saturated carbocycles. The highest BCUT2D eigenvalue weighted by atomic mass is 32.2. The number of sulfonamides is 1. The first-order valence-corrected chi connectivity index (χ1v) is 7.55. The number of carboxylic acid groups (broad SMARTS) is 1. The summed E-state index contributed by atoms with van der Waals surface area (Å²) in [6.45, 7) is 1.35. The second-order valence-electron chi connectivity index (χ2n) is 4.66. The summed E-state index contributed by atoms with van der Waals surface area (Å²) >= 11 is 0. The molecule has 0 aromatic carbocycles. The van der Waals surface area contributed by atoms with Crippen molar-refractivity contribution < 1.29 is 27.2 Å². The van der Waals surface area contributed by atoms with Crippen LogP contribution in [-0.4, -0.2) is 29.7 Å². The number of hydrogen-bond acceptors (Lipinski definition) is 7. The molecule has 2 aromatic rings. The van der Waals surface area contributed by atoms with Gasteiger partial charge in [0.15, 0.2) is 0 Å². The minimum absolute atomic E-state index is 0.0400. The first kappa shape index (κ1) is 13.6. The Kier molecular flexibility index (Phi) is 2.97. The van der Waals surface area contributed by atoms with E-state index in [2.05, 4.69) is 14.9 Å². The van der Waals surface area contributed by atoms with Crippen molar-refractivity contribution in [2.75, 3.05) is 4.72 Å². The molecule has 0 radical (unpaired) electrons. The van der Waals surface area contributed by atoms with Crippen molar-refractivity contribution in [2.24, 2.45) is 0 Å². The molecular weight excluding hydrogens is 302 g/mol. The Morgan fingerprint density at radius 2 is 2.10 bits per heavy atom. The number of aromatic nitrogens is 2. The molecule has 0 bridgehead atoms. The van der Waals surface area contributed by atoms with Crippen molar-refractivity contribution in [2.45, 2.75) is 30.6 Å². The van der Waals surface area contributed by atoms with Gasteiger partial charge < -0.3 is 13.9 Å². The standard InChI is InChI=1S/C11H11N3O6S/c1-5-8(4-7(19-5)10(15)16)21(17,18)14-11-13-12-9(20-11)6-2-3-6/h4,6H,2-3H2,1H3,(H,13,14)(H,15,16). The third-order valence-corrected chi connectivity index (χ3v) is 4.39. The van der Waals surface area contributed by atoms with Crippen molar-refractivity contribution in [3.8, 4) is 0 Å². The van der Waals surface area contributed by atoms with Crippen LogP contribution in [-0.2, 0) is 10.0 Å². The molecule has 112 valence electrons. The average molecular weight is 313 g/mol. The van der Waals surface area contributed by atoms with Gasteiger partial charge in [0.05, 0.1) is 0 Å². The number of nitrogens with one attached hydrogen (secondary N) is 1. The molecule has 0 unspecified atom stereocenters. The molecule has 0 atom stereocenters. The zero-order chi connectivity index (χ0) is 15.2. The predicted molar refractivity (Wildman–Crippen MR) is 67.5 cm³/mol. The Hall–Kier alpha value is -2.36. The SMILES string of the molecule is Cc1oc(C(=O)O)cc1S(=O)(=O)Nc1nnc(C2CC2)o1. The van der Waals surface area contributed by atoms with Crippen molar-refractivity contribution in [1.29, 1.82) is 0 Å². The smallest absolute Gasteiger partial charge is 0.371 e. The lowest BCUT2D eigenvalue weighted by molar-refractivity contribution is 0.0661. The molecular formula is C11H11N3O6S. The van der Waals surface area contributed by atoms with Crippen LogP contribution in [0.2, 0.25) is 0 Å². The van der Waals surface area contributed by atoms with Crippen molar-refractivity contribution in [3.05, 3.63) is 23.5 Å². The van der Waals surface area contributed by atoms with Crippen LogP contribution in [0.15, 0.2) is 19.8 Å². The lowest BCUT2D eigenvalue weighted by atomic mass is 10.4. The molecule has 3 rings (SSSR count). The normalized spacial score (nSPS) is 15.1. The van der Waals surface area contributed by atoms with E-state index in [4.69, 9.17) is 13.9 Å². The van der Waals surface area contributed by atoms with Crippen LogP contribution in [0.1, 0.15) is 41.0 Å². The van der Waals surface area contributed by atoms with Gasteiger partial charge in [-0.1, -0.05) is 5.10 Å². The summed E-state index contributed by atoms with van der Waals surface area (Å²) in [6.07, 6.45) is 1.88. The number of hydrogen-bond donors (Lipinski definition) is 2. The maximum atomic E-state index is 12.2. The molecule has 1 aliphatic carbocycles. The lowest BCUT2D eigenvalue weighted by Crippen LogP contribution is -2.13. The molecule has 2 heterocycles. The number of carboxylic acids is 1. The number of furan rings is 1. The first-order valence-electron chi connectivity index (χ1n) is 6.07. The molecule has 0 spiro atoms. The van der Waals surface area contributed by atoms with Crippen molar-refractivity contribution in [1.82, 2.24) is 10.2 Å². The van der Waals surface area contributed by atoms with Crippen LogP contribution in [0.3, 0.4) is 0 Å². The highest BCUT2D eigenvalue weighted by Gasteiger charge is 2.31. The van der Waals surface area contributed by atoms with Crippen LogP contribution in [0.25, 0.3) is 0 Å². The molecule has 0 amide bonds. The highest BCUT2D eigenvalue weighted by Crippen LogP contribution is 2.39. The summed E-state index contributed by atoms with van der Waals surface area (Å²) in [5.74, 6) is -1.26. The molecule has 2 N–H and O–H groups in total. The fourth-order valence-electron chi connectivity index (χ4n) is 1.78. The minimum atomic E-state index is -4.05. The summed E-state index contributed by atoms with van der Waals surface area (Å²) in [5.41, 5.74) is 0. The van der Waals surface area contributed by atoms with Gasteiger partial charge in [0.25, 0.3) is 10.0 Å². The Balaban J connectivity index is 1.87. The van der Waals surface area contributed by atoms with E-state index in [9.17, 15) is 13.2 Å². The van der Waals surface area contributed by atoms with Crippen molar-refractivity contribution >= 4 is 22.0 Å². The van der Waals surface area contributed by atoms with Crippen molar-refractivity contribution in [3.63, 3.8) is 0 Å². The second-order valence-corrected chi connectivity index (χ2v) is 6.31. The van der Waals surface area contributed by atoms with Gasteiger partial charge in [-0.2, -0.15) is 0 Å². The zero-order valence-corrected chi connectivity index (χ0v) is 11.7. The average Bonchev–Trinajstić information content (AvgIpc) is 3.01. The number of rotatable bonds is 5. The van der Waals surface area contributed by atoms with Gasteiger partial charge in [-0.3, -0.25) is 0 Å². The molecule has 0 saturated heterocycles. The molecule has 21 heavy (non-hydrogen) atoms. The molecule has 1 fully saturated rings. The van der Waals surface area contributed by atoms with E-state index in [-0.39, 0.29) is 22.6 Å². The predicted octanol–water partition coefficient (Wildman–Crippen LogP) is 1.35. The topological polar surface area (TPSA) is 136 Å². The maximum absolute atomic E-state index is 12.2. The fraction of sp³-hybridized carbons (Fsp3) is 0.364. The van der Waals surface area contributed by atoms with E-state index in [0.29, 0.717) is 5.89 Å². The Bertz CT molecular complexity index is 802. The molecule has 9 nitrogen and oxygen atoms in total. The number of anilines is 1.